The van der Waals surface area contributed by atoms with Gasteiger partial charge in [-0.2, -0.15) is 0 Å². The van der Waals surface area contributed by atoms with Crippen LogP contribution in [-0.4, -0.2) is 4.57 Å². The van der Waals surface area contributed by atoms with Crippen LogP contribution in [0.15, 0.2) is 231 Å². The van der Waals surface area contributed by atoms with Crippen molar-refractivity contribution >= 4 is 49.6 Å². The van der Waals surface area contributed by atoms with Crippen molar-refractivity contribution in [3.63, 3.8) is 0 Å². The van der Waals surface area contributed by atoms with Gasteiger partial charge in [-0.05, 0) is 104 Å². The van der Waals surface area contributed by atoms with Crippen LogP contribution in [0, 0.1) is 0 Å². The molecule has 12 rings (SSSR count). The molecule has 1 heterocycles. The number of anilines is 3. The molecular weight excluding hydrogens is 725 g/mol. The molecule has 0 N–H and O–H groups in total. The Morgan fingerprint density at radius 1 is 0.283 bits per heavy atom. The quantitative estimate of drug-likeness (QED) is 0.157. The molecule has 0 saturated heterocycles. The number of hydrogen-bond donors (Lipinski definition) is 0. The molecule has 2 nitrogen and oxygen atoms in total. The lowest BCUT2D eigenvalue weighted by Gasteiger charge is -2.30. The summed E-state index contributed by atoms with van der Waals surface area (Å²) < 4.78 is 2.38. The lowest BCUT2D eigenvalue weighted by atomic mass is 9.92. The summed E-state index contributed by atoms with van der Waals surface area (Å²) in [5.74, 6) is 0. The van der Waals surface area contributed by atoms with E-state index in [0.717, 1.165) is 22.7 Å². The fraction of sp³-hybridized carbons (Fsp3) is 0. The van der Waals surface area contributed by atoms with Gasteiger partial charge in [0, 0.05) is 33.1 Å². The van der Waals surface area contributed by atoms with Crippen molar-refractivity contribution in [3.05, 3.63) is 231 Å². The molecular formula is C58H38N2. The summed E-state index contributed by atoms with van der Waals surface area (Å²) in [6.07, 6.45) is 0. The van der Waals surface area contributed by atoms with E-state index in [4.69, 9.17) is 0 Å². The molecule has 1 aliphatic rings. The van der Waals surface area contributed by atoms with Crippen LogP contribution in [0.2, 0.25) is 0 Å². The molecule has 0 spiro atoms. The molecule has 11 aromatic rings. The van der Waals surface area contributed by atoms with Gasteiger partial charge < -0.3 is 9.47 Å². The van der Waals surface area contributed by atoms with Crippen molar-refractivity contribution < 1.29 is 0 Å². The fourth-order valence-corrected chi connectivity index (χ4v) is 9.70. The number of aromatic nitrogens is 1. The van der Waals surface area contributed by atoms with E-state index >= 15 is 0 Å². The van der Waals surface area contributed by atoms with Gasteiger partial charge in [0.05, 0.1) is 22.4 Å². The van der Waals surface area contributed by atoms with E-state index in [1.807, 2.05) is 0 Å². The van der Waals surface area contributed by atoms with Gasteiger partial charge in [0.15, 0.2) is 0 Å². The van der Waals surface area contributed by atoms with Crippen molar-refractivity contribution in [2.75, 3.05) is 4.90 Å². The van der Waals surface area contributed by atoms with Crippen LogP contribution >= 0.6 is 0 Å². The van der Waals surface area contributed by atoms with E-state index in [1.54, 1.807) is 0 Å². The van der Waals surface area contributed by atoms with Gasteiger partial charge in [-0.1, -0.05) is 182 Å². The van der Waals surface area contributed by atoms with Crippen LogP contribution in [0.5, 0.6) is 0 Å². The Bertz CT molecular complexity index is 3330. The highest BCUT2D eigenvalue weighted by molar-refractivity contribution is 6.19. The topological polar surface area (TPSA) is 8.17 Å². The molecule has 0 unspecified atom stereocenters. The van der Waals surface area contributed by atoms with Gasteiger partial charge in [-0.3, -0.25) is 0 Å². The molecule has 2 heteroatoms. The summed E-state index contributed by atoms with van der Waals surface area (Å²) >= 11 is 0. The Balaban J connectivity index is 1.06. The largest absolute Gasteiger partial charge is 0.309 e. The van der Waals surface area contributed by atoms with Crippen LogP contribution in [0.25, 0.3) is 93.9 Å². The Hall–Kier alpha value is -7.94. The fourth-order valence-electron chi connectivity index (χ4n) is 9.70. The third kappa shape index (κ3) is 5.35. The summed E-state index contributed by atoms with van der Waals surface area (Å²) in [5, 5.41) is 5.07. The molecule has 0 saturated carbocycles. The average molecular weight is 763 g/mol. The molecule has 1 aliphatic carbocycles. The van der Waals surface area contributed by atoms with Gasteiger partial charge in [0.2, 0.25) is 0 Å². The van der Waals surface area contributed by atoms with E-state index in [-0.39, 0.29) is 0 Å². The third-order valence-electron chi connectivity index (χ3n) is 12.4. The van der Waals surface area contributed by atoms with Crippen LogP contribution in [0.3, 0.4) is 0 Å². The highest BCUT2D eigenvalue weighted by Crippen LogP contribution is 2.52. The number of hydrogen-bond acceptors (Lipinski definition) is 1. The summed E-state index contributed by atoms with van der Waals surface area (Å²) in [6.45, 7) is 0. The first-order chi connectivity index (χ1) is 29.8. The van der Waals surface area contributed by atoms with E-state index < -0.39 is 0 Å². The number of fused-ring (bicyclic) bond motifs is 6. The molecule has 0 amide bonds. The molecule has 10 aromatic carbocycles. The maximum Gasteiger partial charge on any atom is 0.0541 e. The van der Waals surface area contributed by atoms with Crippen LogP contribution in [0.4, 0.5) is 17.1 Å². The second-order valence-corrected chi connectivity index (χ2v) is 15.6. The molecule has 0 radical (unpaired) electrons. The second-order valence-electron chi connectivity index (χ2n) is 15.6. The number of para-hydroxylation sites is 3. The van der Waals surface area contributed by atoms with E-state index in [2.05, 4.69) is 240 Å². The third-order valence-corrected chi connectivity index (χ3v) is 12.4. The minimum atomic E-state index is 1.10. The minimum Gasteiger partial charge on any atom is -0.309 e. The second kappa shape index (κ2) is 13.9. The number of nitrogens with zero attached hydrogens (tertiary/aromatic N) is 2. The van der Waals surface area contributed by atoms with Crippen molar-refractivity contribution in [2.24, 2.45) is 0 Å². The summed E-state index contributed by atoms with van der Waals surface area (Å²) in [6, 6.07) is 84.2. The van der Waals surface area contributed by atoms with Crippen LogP contribution in [-0.2, 0) is 0 Å². The highest BCUT2D eigenvalue weighted by Gasteiger charge is 2.26. The van der Waals surface area contributed by atoms with Gasteiger partial charge in [-0.25, -0.2) is 0 Å². The van der Waals surface area contributed by atoms with Crippen LogP contribution < -0.4 is 4.90 Å². The maximum absolute atomic E-state index is 2.48. The van der Waals surface area contributed by atoms with Gasteiger partial charge >= 0.3 is 0 Å². The van der Waals surface area contributed by atoms with Crippen molar-refractivity contribution in [2.45, 2.75) is 0 Å². The molecule has 60 heavy (non-hydrogen) atoms. The molecule has 1 aromatic heterocycles. The summed E-state index contributed by atoms with van der Waals surface area (Å²) in [4.78, 5) is 2.48. The summed E-state index contributed by atoms with van der Waals surface area (Å²) in [7, 11) is 0. The maximum atomic E-state index is 2.48. The van der Waals surface area contributed by atoms with Crippen molar-refractivity contribution in [1.29, 1.82) is 0 Å². The van der Waals surface area contributed by atoms with Crippen molar-refractivity contribution in [1.82, 2.24) is 4.57 Å². The number of rotatable bonds is 7. The lowest BCUT2D eigenvalue weighted by molar-refractivity contribution is 1.18. The zero-order chi connectivity index (χ0) is 39.6. The van der Waals surface area contributed by atoms with Crippen LogP contribution in [0.1, 0.15) is 0 Å². The normalized spacial score (nSPS) is 11.7. The SMILES string of the molecule is c1ccc(-c2cc(N(c3ccccc3-c3ccccc3)c3ccc4c5c(cccc35)-c3ccccc3-4)ccc2-c2ccc(-n3c4ccccc4c4ccccc43)cc2)cc1. The van der Waals surface area contributed by atoms with Gasteiger partial charge in [-0.15, -0.1) is 0 Å². The van der Waals surface area contributed by atoms with Gasteiger partial charge in [0.25, 0.3) is 0 Å². The van der Waals surface area contributed by atoms with E-state index in [0.29, 0.717) is 0 Å². The highest BCUT2D eigenvalue weighted by atomic mass is 15.1. The first-order valence-corrected chi connectivity index (χ1v) is 20.7. The van der Waals surface area contributed by atoms with E-state index in [9.17, 15) is 0 Å². The standard InChI is InChI=1S/C58H38N2/c1-3-16-39(17-4-1)45-20-9-12-27-54(45)60(57-37-36-51-47-22-8-7-21-46(47)50-25-15-26-52(57)58(50)51)43-34-35-44(53(38-43)40-18-5-2-6-19-40)41-30-32-42(33-31-41)59-55-28-13-10-23-48(55)49-24-11-14-29-56(49)59/h1-38H. The smallest absolute Gasteiger partial charge is 0.0541 e. The zero-order valence-electron chi connectivity index (χ0n) is 32.8. The van der Waals surface area contributed by atoms with E-state index in [1.165, 1.54) is 88.2 Å². The zero-order valence-corrected chi connectivity index (χ0v) is 32.8. The first kappa shape index (κ1) is 34.1. The lowest BCUT2D eigenvalue weighted by Crippen LogP contribution is -2.12. The molecule has 280 valence electrons. The molecule has 0 fully saturated rings. The number of benzene rings is 10. The Kier molecular flexibility index (Phi) is 7.89. The molecule has 0 atom stereocenters. The minimum absolute atomic E-state index is 1.10. The monoisotopic (exact) mass is 762 g/mol. The Morgan fingerprint density at radius 3 is 1.47 bits per heavy atom. The molecule has 0 bridgehead atoms. The van der Waals surface area contributed by atoms with Crippen molar-refractivity contribution in [3.8, 4) is 61.3 Å². The Morgan fingerprint density at radius 2 is 0.783 bits per heavy atom. The first-order valence-electron chi connectivity index (χ1n) is 20.7. The average Bonchev–Trinajstić information content (AvgIpc) is 3.84. The predicted octanol–water partition coefficient (Wildman–Crippen LogP) is 16.1. The molecule has 0 aliphatic heterocycles. The summed E-state index contributed by atoms with van der Waals surface area (Å²) in [5.41, 5.74) is 19.2. The predicted molar refractivity (Wildman–Crippen MR) is 254 cm³/mol. The Labute approximate surface area is 349 Å². The van der Waals surface area contributed by atoms with Gasteiger partial charge in [0.1, 0.15) is 0 Å².